The largest absolute Gasteiger partial charge is 0.508 e. The van der Waals surface area contributed by atoms with E-state index in [9.17, 15) is 14.7 Å². The van der Waals surface area contributed by atoms with Crippen LogP contribution < -0.4 is 0 Å². The fourth-order valence-electron chi connectivity index (χ4n) is 6.80. The van der Waals surface area contributed by atoms with Gasteiger partial charge in [-0.3, -0.25) is 4.79 Å². The van der Waals surface area contributed by atoms with E-state index in [0.717, 1.165) is 83.7 Å². The van der Waals surface area contributed by atoms with Crippen molar-refractivity contribution in [1.82, 2.24) is 4.90 Å². The summed E-state index contributed by atoms with van der Waals surface area (Å²) < 4.78 is 16.5. The highest BCUT2D eigenvalue weighted by Crippen LogP contribution is 2.18. The maximum absolute atomic E-state index is 12.7. The van der Waals surface area contributed by atoms with Gasteiger partial charge >= 0.3 is 12.1 Å². The molecule has 0 amide bonds. The average Bonchev–Trinajstić information content (AvgIpc) is 3.12. The van der Waals surface area contributed by atoms with E-state index in [2.05, 4.69) is 25.7 Å². The van der Waals surface area contributed by atoms with Crippen molar-refractivity contribution in [2.24, 2.45) is 0 Å². The molecule has 0 aromatic rings. The standard InChI is InChI=1S/C44H87NO6/c1-4-7-10-13-16-17-18-19-25-31-40-49-44(48)50-41-32-30-37-45(38-39-46)36-29-24-20-23-28-35-43(47)51-42(33-26-21-14-11-8-5-2)34-27-22-15-12-9-6-3/h42,46H,4-41H2,1-3H3. The first-order valence-electron chi connectivity index (χ1n) is 22.4. The quantitative estimate of drug-likeness (QED) is 0.0496. The number of carbonyl (C=O) groups excluding carboxylic acids is 2. The zero-order valence-corrected chi connectivity index (χ0v) is 34.4. The molecule has 0 unspecified atom stereocenters. The predicted octanol–water partition coefficient (Wildman–Crippen LogP) is 12.9. The van der Waals surface area contributed by atoms with Gasteiger partial charge in [0, 0.05) is 13.0 Å². The van der Waals surface area contributed by atoms with Crippen LogP contribution in [0.4, 0.5) is 4.79 Å². The second-order valence-corrected chi connectivity index (χ2v) is 15.1. The van der Waals surface area contributed by atoms with Gasteiger partial charge in [0.1, 0.15) is 6.10 Å². The van der Waals surface area contributed by atoms with E-state index in [1.54, 1.807) is 0 Å². The number of hydrogen-bond acceptors (Lipinski definition) is 7. The van der Waals surface area contributed by atoms with Gasteiger partial charge in [0.25, 0.3) is 0 Å². The molecular weight excluding hydrogens is 638 g/mol. The van der Waals surface area contributed by atoms with Crippen molar-refractivity contribution in [1.29, 1.82) is 0 Å². The Bertz CT molecular complexity index is 704. The van der Waals surface area contributed by atoms with Crippen molar-refractivity contribution < 1.29 is 28.9 Å². The van der Waals surface area contributed by atoms with Crippen LogP contribution in [-0.4, -0.2) is 67.7 Å². The molecule has 0 aliphatic rings. The molecule has 1 N–H and O–H groups in total. The van der Waals surface area contributed by atoms with E-state index in [4.69, 9.17) is 14.2 Å². The molecule has 0 aliphatic carbocycles. The molecule has 0 radical (unpaired) electrons. The molecule has 0 aromatic carbocycles. The van der Waals surface area contributed by atoms with Gasteiger partial charge in [-0.2, -0.15) is 0 Å². The first-order chi connectivity index (χ1) is 25.1. The summed E-state index contributed by atoms with van der Waals surface area (Å²) in [6.07, 6.45) is 37.0. The molecule has 304 valence electrons. The van der Waals surface area contributed by atoms with E-state index >= 15 is 0 Å². The summed E-state index contributed by atoms with van der Waals surface area (Å²) in [4.78, 5) is 26.9. The SMILES string of the molecule is CCCCCCCCCCCCOC(=O)OCCCCN(CCO)CCCCCCCC(=O)OC(CCCCCCCC)CCCCCCCC. The van der Waals surface area contributed by atoms with Crippen molar-refractivity contribution >= 4 is 12.1 Å². The van der Waals surface area contributed by atoms with E-state index in [1.807, 2.05) is 0 Å². The monoisotopic (exact) mass is 726 g/mol. The first-order valence-corrected chi connectivity index (χ1v) is 22.4. The molecule has 7 heteroatoms. The fourth-order valence-corrected chi connectivity index (χ4v) is 6.80. The first kappa shape index (κ1) is 49.7. The van der Waals surface area contributed by atoms with Crippen molar-refractivity contribution in [3.8, 4) is 0 Å². The van der Waals surface area contributed by atoms with E-state index in [1.165, 1.54) is 128 Å². The van der Waals surface area contributed by atoms with Crippen LogP contribution in [-0.2, 0) is 19.0 Å². The Morgan fingerprint density at radius 2 is 0.843 bits per heavy atom. The van der Waals surface area contributed by atoms with Gasteiger partial charge in [0.2, 0.25) is 0 Å². The number of hydrogen-bond donors (Lipinski definition) is 1. The Balaban J connectivity index is 3.94. The summed E-state index contributed by atoms with van der Waals surface area (Å²) in [7, 11) is 0. The van der Waals surface area contributed by atoms with Crippen LogP contribution in [0, 0.1) is 0 Å². The van der Waals surface area contributed by atoms with E-state index < -0.39 is 6.16 Å². The lowest BCUT2D eigenvalue weighted by atomic mass is 10.0. The Morgan fingerprint density at radius 3 is 1.31 bits per heavy atom. The predicted molar refractivity (Wildman–Crippen MR) is 215 cm³/mol. The Morgan fingerprint density at radius 1 is 0.471 bits per heavy atom. The van der Waals surface area contributed by atoms with Crippen molar-refractivity contribution in [3.05, 3.63) is 0 Å². The lowest BCUT2D eigenvalue weighted by Crippen LogP contribution is -2.29. The highest BCUT2D eigenvalue weighted by Gasteiger charge is 2.14. The van der Waals surface area contributed by atoms with Crippen LogP contribution in [0.5, 0.6) is 0 Å². The van der Waals surface area contributed by atoms with Crippen molar-refractivity contribution in [2.75, 3.05) is 39.5 Å². The van der Waals surface area contributed by atoms with E-state index in [0.29, 0.717) is 26.2 Å². The third-order valence-corrected chi connectivity index (χ3v) is 10.1. The minimum absolute atomic E-state index is 0.00240. The summed E-state index contributed by atoms with van der Waals surface area (Å²) in [5.41, 5.74) is 0. The van der Waals surface area contributed by atoms with Crippen LogP contribution in [0.1, 0.15) is 226 Å². The second-order valence-electron chi connectivity index (χ2n) is 15.1. The molecule has 0 rings (SSSR count). The number of unbranched alkanes of at least 4 members (excludes halogenated alkanes) is 24. The number of rotatable bonds is 41. The molecule has 0 saturated carbocycles. The zero-order valence-electron chi connectivity index (χ0n) is 34.4. The summed E-state index contributed by atoms with van der Waals surface area (Å²) >= 11 is 0. The van der Waals surface area contributed by atoms with Crippen LogP contribution in [0.2, 0.25) is 0 Å². The minimum atomic E-state index is -0.549. The number of aliphatic hydroxyl groups excluding tert-OH is 1. The fraction of sp³-hybridized carbons (Fsp3) is 0.955. The number of ether oxygens (including phenoxy) is 3. The van der Waals surface area contributed by atoms with Gasteiger partial charge in [-0.05, 0) is 70.9 Å². The van der Waals surface area contributed by atoms with Crippen LogP contribution in [0.15, 0.2) is 0 Å². The molecule has 0 aromatic heterocycles. The molecule has 0 aliphatic heterocycles. The molecule has 0 bridgehead atoms. The maximum atomic E-state index is 12.7. The Hall–Kier alpha value is -1.34. The lowest BCUT2D eigenvalue weighted by Gasteiger charge is -2.21. The van der Waals surface area contributed by atoms with Gasteiger partial charge in [0.05, 0.1) is 19.8 Å². The van der Waals surface area contributed by atoms with Crippen molar-refractivity contribution in [3.63, 3.8) is 0 Å². The van der Waals surface area contributed by atoms with E-state index in [-0.39, 0.29) is 18.7 Å². The smallest absolute Gasteiger partial charge is 0.462 e. The average molecular weight is 726 g/mol. The van der Waals surface area contributed by atoms with Gasteiger partial charge in [0.15, 0.2) is 0 Å². The lowest BCUT2D eigenvalue weighted by molar-refractivity contribution is -0.150. The topological polar surface area (TPSA) is 85.3 Å². The van der Waals surface area contributed by atoms with Gasteiger partial charge in [-0.15, -0.1) is 0 Å². The third kappa shape index (κ3) is 38.2. The summed E-state index contributed by atoms with van der Waals surface area (Å²) in [5, 5.41) is 9.51. The maximum Gasteiger partial charge on any atom is 0.508 e. The van der Waals surface area contributed by atoms with Gasteiger partial charge in [-0.1, -0.05) is 162 Å². The number of carbonyl (C=O) groups is 2. The summed E-state index contributed by atoms with van der Waals surface area (Å²) in [6.45, 7) is 10.3. The van der Waals surface area contributed by atoms with Crippen LogP contribution >= 0.6 is 0 Å². The number of aliphatic hydroxyl groups is 1. The number of nitrogens with zero attached hydrogens (tertiary/aromatic N) is 1. The van der Waals surface area contributed by atoms with Gasteiger partial charge in [-0.25, -0.2) is 4.79 Å². The second kappa shape index (κ2) is 41.4. The highest BCUT2D eigenvalue weighted by atomic mass is 16.7. The summed E-state index contributed by atoms with van der Waals surface area (Å²) in [6, 6.07) is 0. The molecule has 0 fully saturated rings. The normalized spacial score (nSPS) is 11.5. The van der Waals surface area contributed by atoms with Gasteiger partial charge < -0.3 is 24.2 Å². The van der Waals surface area contributed by atoms with Crippen molar-refractivity contribution in [2.45, 2.75) is 232 Å². The molecule has 0 spiro atoms. The molecular formula is C44H87NO6. The highest BCUT2D eigenvalue weighted by molar-refractivity contribution is 5.69. The molecule has 7 nitrogen and oxygen atoms in total. The molecule has 0 atom stereocenters. The molecule has 51 heavy (non-hydrogen) atoms. The van der Waals surface area contributed by atoms with Crippen LogP contribution in [0.25, 0.3) is 0 Å². The molecule has 0 saturated heterocycles. The molecule has 0 heterocycles. The zero-order chi connectivity index (χ0) is 37.3. The Kier molecular flexibility index (Phi) is 40.3. The summed E-state index contributed by atoms with van der Waals surface area (Å²) in [5.74, 6) is -0.00240. The Labute approximate surface area is 317 Å². The van der Waals surface area contributed by atoms with Crippen LogP contribution in [0.3, 0.4) is 0 Å². The number of esters is 1. The third-order valence-electron chi connectivity index (χ3n) is 10.1. The minimum Gasteiger partial charge on any atom is -0.462 e.